The zero-order chi connectivity index (χ0) is 17.8. The second-order valence-corrected chi connectivity index (χ2v) is 6.30. The molecule has 0 radical (unpaired) electrons. The van der Waals surface area contributed by atoms with E-state index in [-0.39, 0.29) is 5.91 Å². The van der Waals surface area contributed by atoms with Gasteiger partial charge in [-0.1, -0.05) is 12.1 Å². The molecular formula is C20H19N5O. The first-order valence-electron chi connectivity index (χ1n) is 8.63. The number of hydrogen-bond donors (Lipinski definition) is 1. The lowest BCUT2D eigenvalue weighted by atomic mass is 10.1. The summed E-state index contributed by atoms with van der Waals surface area (Å²) in [4.78, 5) is 27.5. The Morgan fingerprint density at radius 2 is 1.92 bits per heavy atom. The van der Waals surface area contributed by atoms with E-state index in [1.54, 1.807) is 24.7 Å². The Hall–Kier alpha value is -3.28. The summed E-state index contributed by atoms with van der Waals surface area (Å²) in [7, 11) is 0. The molecule has 1 aliphatic carbocycles. The average molecular weight is 345 g/mol. The first kappa shape index (κ1) is 16.2. The summed E-state index contributed by atoms with van der Waals surface area (Å²) in [6.07, 6.45) is 9.02. The number of hydrogen-bond acceptors (Lipinski definition) is 5. The van der Waals surface area contributed by atoms with Crippen molar-refractivity contribution in [2.45, 2.75) is 25.4 Å². The number of pyridine rings is 1. The Morgan fingerprint density at radius 1 is 1.08 bits per heavy atom. The van der Waals surface area contributed by atoms with Gasteiger partial charge in [0.05, 0.1) is 0 Å². The number of carbonyl (C=O) groups is 1. The molecule has 2 aromatic heterocycles. The van der Waals surface area contributed by atoms with Gasteiger partial charge in [0, 0.05) is 48.6 Å². The topological polar surface area (TPSA) is 71.0 Å². The molecule has 2 heterocycles. The summed E-state index contributed by atoms with van der Waals surface area (Å²) < 4.78 is 0. The lowest BCUT2D eigenvalue weighted by Crippen LogP contribution is -2.32. The summed E-state index contributed by atoms with van der Waals surface area (Å²) in [5, 5.41) is 3.13. The highest BCUT2D eigenvalue weighted by atomic mass is 16.2. The summed E-state index contributed by atoms with van der Waals surface area (Å²) in [5.74, 6) is 0.542. The molecule has 1 saturated carbocycles. The molecule has 1 aliphatic rings. The summed E-state index contributed by atoms with van der Waals surface area (Å²) in [5.41, 5.74) is 2.49. The molecule has 130 valence electrons. The molecule has 0 bridgehead atoms. The van der Waals surface area contributed by atoms with Crippen molar-refractivity contribution in [3.05, 3.63) is 78.4 Å². The molecule has 6 nitrogen and oxygen atoms in total. The van der Waals surface area contributed by atoms with Crippen LogP contribution in [-0.4, -0.2) is 31.8 Å². The van der Waals surface area contributed by atoms with Crippen LogP contribution in [-0.2, 0) is 6.54 Å². The van der Waals surface area contributed by atoms with Gasteiger partial charge in [0.25, 0.3) is 5.91 Å². The van der Waals surface area contributed by atoms with Crippen LogP contribution in [0.15, 0.2) is 67.3 Å². The van der Waals surface area contributed by atoms with E-state index in [4.69, 9.17) is 0 Å². The van der Waals surface area contributed by atoms with Crippen LogP contribution >= 0.6 is 0 Å². The van der Waals surface area contributed by atoms with Crippen LogP contribution in [0, 0.1) is 0 Å². The molecule has 1 N–H and O–H groups in total. The highest BCUT2D eigenvalue weighted by Gasteiger charge is 2.33. The maximum atomic E-state index is 13.1. The number of nitrogens with one attached hydrogen (secondary N) is 1. The van der Waals surface area contributed by atoms with Gasteiger partial charge in [-0.2, -0.15) is 0 Å². The number of amides is 1. The predicted octanol–water partition coefficient (Wildman–Crippen LogP) is 3.42. The van der Waals surface area contributed by atoms with Gasteiger partial charge in [-0.25, -0.2) is 9.97 Å². The Morgan fingerprint density at radius 3 is 2.65 bits per heavy atom. The molecular weight excluding hydrogens is 326 g/mol. The SMILES string of the molecule is O=C(c1cccc(Nc2ncccn2)c1)N(Cc1cccnc1)C1CC1. The van der Waals surface area contributed by atoms with Crippen molar-refractivity contribution >= 4 is 17.5 Å². The van der Waals surface area contributed by atoms with Crippen molar-refractivity contribution in [3.8, 4) is 0 Å². The molecule has 6 heteroatoms. The molecule has 0 aliphatic heterocycles. The largest absolute Gasteiger partial charge is 0.331 e. The average Bonchev–Trinajstić information content (AvgIpc) is 3.53. The van der Waals surface area contributed by atoms with Gasteiger partial charge in [0.1, 0.15) is 0 Å². The van der Waals surface area contributed by atoms with Gasteiger partial charge in [-0.05, 0) is 48.7 Å². The number of rotatable bonds is 6. The second kappa shape index (κ2) is 7.31. The zero-order valence-corrected chi connectivity index (χ0v) is 14.2. The third-order valence-electron chi connectivity index (χ3n) is 4.26. The maximum absolute atomic E-state index is 13.1. The van der Waals surface area contributed by atoms with Gasteiger partial charge in [0.2, 0.25) is 5.95 Å². The Kier molecular flexibility index (Phi) is 4.55. The Balaban J connectivity index is 1.53. The summed E-state index contributed by atoms with van der Waals surface area (Å²) >= 11 is 0. The minimum absolute atomic E-state index is 0.0361. The van der Waals surface area contributed by atoms with Gasteiger partial charge < -0.3 is 10.2 Å². The predicted molar refractivity (Wildman–Crippen MR) is 98.9 cm³/mol. The van der Waals surface area contributed by atoms with E-state index in [0.29, 0.717) is 24.1 Å². The second-order valence-electron chi connectivity index (χ2n) is 6.30. The van der Waals surface area contributed by atoms with Gasteiger partial charge >= 0.3 is 0 Å². The molecule has 1 aromatic carbocycles. The monoisotopic (exact) mass is 345 g/mol. The first-order chi connectivity index (χ1) is 12.8. The number of nitrogens with zero attached hydrogens (tertiary/aromatic N) is 4. The van der Waals surface area contributed by atoms with Crippen molar-refractivity contribution in [3.63, 3.8) is 0 Å². The van der Waals surface area contributed by atoms with Crippen molar-refractivity contribution in [2.75, 3.05) is 5.32 Å². The minimum atomic E-state index is 0.0361. The van der Waals surface area contributed by atoms with Crippen molar-refractivity contribution in [1.29, 1.82) is 0 Å². The van der Waals surface area contributed by atoms with Crippen LogP contribution in [0.5, 0.6) is 0 Å². The fourth-order valence-corrected chi connectivity index (χ4v) is 2.83. The van der Waals surface area contributed by atoms with E-state index in [0.717, 1.165) is 24.1 Å². The fourth-order valence-electron chi connectivity index (χ4n) is 2.83. The highest BCUT2D eigenvalue weighted by Crippen LogP contribution is 2.30. The van der Waals surface area contributed by atoms with E-state index in [1.807, 2.05) is 47.5 Å². The standard InChI is InChI=1S/C20H19N5O/c26-19(25(18-7-8-18)14-15-4-2-9-21-13-15)16-5-1-6-17(12-16)24-20-22-10-3-11-23-20/h1-6,9-13,18H,7-8,14H2,(H,22,23,24). The smallest absolute Gasteiger partial charge is 0.254 e. The highest BCUT2D eigenvalue weighted by molar-refractivity contribution is 5.95. The molecule has 0 atom stereocenters. The van der Waals surface area contributed by atoms with Crippen molar-refractivity contribution in [2.24, 2.45) is 0 Å². The third-order valence-corrected chi connectivity index (χ3v) is 4.26. The molecule has 3 aromatic rings. The molecule has 1 amide bonds. The van der Waals surface area contributed by atoms with Crippen LogP contribution in [0.4, 0.5) is 11.6 Å². The molecule has 26 heavy (non-hydrogen) atoms. The number of aromatic nitrogens is 3. The van der Waals surface area contributed by atoms with Crippen molar-refractivity contribution in [1.82, 2.24) is 19.9 Å². The molecule has 1 fully saturated rings. The molecule has 0 spiro atoms. The van der Waals surface area contributed by atoms with E-state index < -0.39 is 0 Å². The Labute approximate surface area is 151 Å². The first-order valence-corrected chi connectivity index (χ1v) is 8.63. The van der Waals surface area contributed by atoms with Gasteiger partial charge in [0.15, 0.2) is 0 Å². The fraction of sp³-hybridized carbons (Fsp3) is 0.200. The van der Waals surface area contributed by atoms with Gasteiger partial charge in [-0.15, -0.1) is 0 Å². The number of anilines is 2. The zero-order valence-electron chi connectivity index (χ0n) is 14.2. The molecule has 0 saturated heterocycles. The maximum Gasteiger partial charge on any atom is 0.254 e. The quantitative estimate of drug-likeness (QED) is 0.741. The van der Waals surface area contributed by atoms with E-state index >= 15 is 0 Å². The third kappa shape index (κ3) is 3.85. The number of carbonyl (C=O) groups excluding carboxylic acids is 1. The van der Waals surface area contributed by atoms with E-state index in [2.05, 4.69) is 20.3 Å². The van der Waals surface area contributed by atoms with Crippen LogP contribution in [0.25, 0.3) is 0 Å². The normalized spacial score (nSPS) is 13.2. The molecule has 4 rings (SSSR count). The van der Waals surface area contributed by atoms with Gasteiger partial charge in [-0.3, -0.25) is 9.78 Å². The summed E-state index contributed by atoms with van der Waals surface area (Å²) in [6.45, 7) is 0.580. The van der Waals surface area contributed by atoms with Crippen LogP contribution in [0.1, 0.15) is 28.8 Å². The molecule has 0 unspecified atom stereocenters. The van der Waals surface area contributed by atoms with Crippen molar-refractivity contribution < 1.29 is 4.79 Å². The van der Waals surface area contributed by atoms with Crippen LogP contribution in [0.2, 0.25) is 0 Å². The number of benzene rings is 1. The Bertz CT molecular complexity index is 881. The lowest BCUT2D eigenvalue weighted by molar-refractivity contribution is 0.0730. The van der Waals surface area contributed by atoms with E-state index in [9.17, 15) is 4.79 Å². The minimum Gasteiger partial charge on any atom is -0.331 e. The van der Waals surface area contributed by atoms with Crippen LogP contribution < -0.4 is 5.32 Å². The van der Waals surface area contributed by atoms with Crippen LogP contribution in [0.3, 0.4) is 0 Å². The summed E-state index contributed by atoms with van der Waals surface area (Å²) in [6, 6.07) is 13.4. The van der Waals surface area contributed by atoms with E-state index in [1.165, 1.54) is 0 Å². The lowest BCUT2D eigenvalue weighted by Gasteiger charge is -2.23.